The zero-order valence-electron chi connectivity index (χ0n) is 10.4. The van der Waals surface area contributed by atoms with E-state index in [2.05, 4.69) is 5.32 Å². The van der Waals surface area contributed by atoms with Crippen LogP contribution in [0, 0.1) is 5.92 Å². The van der Waals surface area contributed by atoms with Crippen LogP contribution in [-0.4, -0.2) is 23.7 Å². The van der Waals surface area contributed by atoms with Gasteiger partial charge in [0.2, 0.25) is 5.91 Å². The number of carbonyl (C=O) groups is 1. The molecule has 4 heteroatoms. The Hall–Kier alpha value is -1.39. The van der Waals surface area contributed by atoms with Crippen LogP contribution in [0.25, 0.3) is 0 Å². The number of rotatable bonds is 4. The average Bonchev–Trinajstić information content (AvgIpc) is 2.81. The molecule has 1 aromatic carbocycles. The molecule has 1 aromatic rings. The molecule has 2 rings (SSSR count). The van der Waals surface area contributed by atoms with Crippen molar-refractivity contribution in [1.82, 2.24) is 5.32 Å². The molecule has 4 nitrogen and oxygen atoms in total. The summed E-state index contributed by atoms with van der Waals surface area (Å²) in [7, 11) is 0. The van der Waals surface area contributed by atoms with Gasteiger partial charge in [-0.05, 0) is 18.4 Å². The van der Waals surface area contributed by atoms with Gasteiger partial charge >= 0.3 is 0 Å². The van der Waals surface area contributed by atoms with E-state index in [9.17, 15) is 9.90 Å². The number of amides is 1. The Kier molecular flexibility index (Phi) is 4.33. The third-order valence-corrected chi connectivity index (χ3v) is 3.60. The minimum atomic E-state index is -0.634. The van der Waals surface area contributed by atoms with Crippen molar-refractivity contribution in [3.8, 4) is 0 Å². The summed E-state index contributed by atoms with van der Waals surface area (Å²) in [5, 5.41) is 12.5. The molecule has 18 heavy (non-hydrogen) atoms. The first-order chi connectivity index (χ1) is 8.68. The molecule has 0 radical (unpaired) electrons. The van der Waals surface area contributed by atoms with E-state index in [4.69, 9.17) is 5.73 Å². The van der Waals surface area contributed by atoms with Crippen LogP contribution in [0.4, 0.5) is 0 Å². The largest absolute Gasteiger partial charge is 0.393 e. The topological polar surface area (TPSA) is 75.4 Å². The maximum Gasteiger partial charge on any atom is 0.241 e. The number of aliphatic hydroxyl groups is 1. The number of hydrogen-bond donors (Lipinski definition) is 3. The first-order valence-corrected chi connectivity index (χ1v) is 6.45. The summed E-state index contributed by atoms with van der Waals surface area (Å²) in [4.78, 5) is 11.9. The molecule has 0 bridgehead atoms. The fourth-order valence-electron chi connectivity index (χ4n) is 2.41. The molecule has 0 heterocycles. The van der Waals surface area contributed by atoms with E-state index in [-0.39, 0.29) is 17.9 Å². The van der Waals surface area contributed by atoms with Crippen molar-refractivity contribution < 1.29 is 9.90 Å². The fraction of sp³-hybridized carbons (Fsp3) is 0.500. The van der Waals surface area contributed by atoms with E-state index in [0.29, 0.717) is 6.54 Å². The Morgan fingerprint density at radius 3 is 2.72 bits per heavy atom. The average molecular weight is 248 g/mol. The second-order valence-electron chi connectivity index (χ2n) is 4.89. The Morgan fingerprint density at radius 2 is 2.11 bits per heavy atom. The summed E-state index contributed by atoms with van der Waals surface area (Å²) >= 11 is 0. The first kappa shape index (κ1) is 13.1. The lowest BCUT2D eigenvalue weighted by Crippen LogP contribution is -2.38. The summed E-state index contributed by atoms with van der Waals surface area (Å²) in [6.07, 6.45) is 2.57. The van der Waals surface area contributed by atoms with Crippen LogP contribution in [0.15, 0.2) is 30.3 Å². The van der Waals surface area contributed by atoms with Crippen LogP contribution in [-0.2, 0) is 4.79 Å². The number of carbonyl (C=O) groups excluding carboxylic acids is 1. The van der Waals surface area contributed by atoms with Crippen molar-refractivity contribution in [3.63, 3.8) is 0 Å². The van der Waals surface area contributed by atoms with Crippen molar-refractivity contribution in [2.45, 2.75) is 31.4 Å². The summed E-state index contributed by atoms with van der Waals surface area (Å²) < 4.78 is 0. The zero-order valence-corrected chi connectivity index (χ0v) is 10.4. The Balaban J connectivity index is 1.84. The normalized spacial score (nSPS) is 24.8. The highest BCUT2D eigenvalue weighted by Crippen LogP contribution is 2.24. The molecule has 4 N–H and O–H groups in total. The Labute approximate surface area is 107 Å². The zero-order chi connectivity index (χ0) is 13.0. The number of nitrogens with two attached hydrogens (primary N) is 1. The quantitative estimate of drug-likeness (QED) is 0.743. The lowest BCUT2D eigenvalue weighted by Gasteiger charge is -2.17. The summed E-state index contributed by atoms with van der Waals surface area (Å²) in [5.74, 6) is -0.00257. The summed E-state index contributed by atoms with van der Waals surface area (Å²) in [6, 6.07) is 8.67. The van der Waals surface area contributed by atoms with Gasteiger partial charge in [-0.2, -0.15) is 0 Å². The maximum atomic E-state index is 11.9. The van der Waals surface area contributed by atoms with Gasteiger partial charge in [0.15, 0.2) is 0 Å². The predicted molar refractivity (Wildman–Crippen MR) is 69.7 cm³/mol. The van der Waals surface area contributed by atoms with Crippen LogP contribution in [0.5, 0.6) is 0 Å². The lowest BCUT2D eigenvalue weighted by atomic mass is 10.0. The molecular weight excluding hydrogens is 228 g/mol. The molecule has 1 saturated carbocycles. The van der Waals surface area contributed by atoms with Gasteiger partial charge < -0.3 is 16.2 Å². The molecule has 0 saturated heterocycles. The molecule has 0 spiro atoms. The van der Waals surface area contributed by atoms with Crippen molar-refractivity contribution in [3.05, 3.63) is 35.9 Å². The van der Waals surface area contributed by atoms with Gasteiger partial charge in [0.25, 0.3) is 0 Å². The minimum absolute atomic E-state index is 0.178. The van der Waals surface area contributed by atoms with Gasteiger partial charge in [0.1, 0.15) is 6.04 Å². The smallest absolute Gasteiger partial charge is 0.241 e. The molecule has 0 aromatic heterocycles. The second kappa shape index (κ2) is 5.98. The molecule has 1 amide bonds. The Bertz CT molecular complexity index is 394. The van der Waals surface area contributed by atoms with Crippen LogP contribution in [0.2, 0.25) is 0 Å². The molecule has 1 fully saturated rings. The number of benzene rings is 1. The van der Waals surface area contributed by atoms with Crippen molar-refractivity contribution in [1.29, 1.82) is 0 Å². The molecular formula is C14H20N2O2. The van der Waals surface area contributed by atoms with Crippen molar-refractivity contribution in [2.75, 3.05) is 6.54 Å². The number of nitrogens with one attached hydrogen (secondary N) is 1. The molecule has 2 unspecified atom stereocenters. The van der Waals surface area contributed by atoms with Gasteiger partial charge in [0, 0.05) is 12.5 Å². The monoisotopic (exact) mass is 248 g/mol. The first-order valence-electron chi connectivity index (χ1n) is 6.45. The van der Waals surface area contributed by atoms with E-state index < -0.39 is 6.04 Å². The van der Waals surface area contributed by atoms with Crippen LogP contribution >= 0.6 is 0 Å². The fourth-order valence-corrected chi connectivity index (χ4v) is 2.41. The van der Waals surface area contributed by atoms with E-state index in [0.717, 1.165) is 24.8 Å². The Morgan fingerprint density at radius 1 is 1.39 bits per heavy atom. The van der Waals surface area contributed by atoms with Gasteiger partial charge in [-0.25, -0.2) is 0 Å². The highest BCUT2D eigenvalue weighted by Gasteiger charge is 2.26. The van der Waals surface area contributed by atoms with Crippen LogP contribution in [0.3, 0.4) is 0 Å². The number of aliphatic hydroxyl groups excluding tert-OH is 1. The van der Waals surface area contributed by atoms with Crippen molar-refractivity contribution >= 4 is 5.91 Å². The van der Waals surface area contributed by atoms with E-state index in [1.807, 2.05) is 30.3 Å². The highest BCUT2D eigenvalue weighted by molar-refractivity contribution is 5.82. The van der Waals surface area contributed by atoms with Gasteiger partial charge in [-0.1, -0.05) is 36.8 Å². The van der Waals surface area contributed by atoms with Gasteiger partial charge in [-0.15, -0.1) is 0 Å². The van der Waals surface area contributed by atoms with E-state index >= 15 is 0 Å². The molecule has 98 valence electrons. The molecule has 0 aliphatic heterocycles. The predicted octanol–water partition coefficient (Wildman–Crippen LogP) is 0.964. The second-order valence-corrected chi connectivity index (χ2v) is 4.89. The minimum Gasteiger partial charge on any atom is -0.393 e. The van der Waals surface area contributed by atoms with Crippen LogP contribution in [0.1, 0.15) is 30.9 Å². The number of hydrogen-bond acceptors (Lipinski definition) is 3. The van der Waals surface area contributed by atoms with Crippen LogP contribution < -0.4 is 11.1 Å². The maximum absolute atomic E-state index is 11.9. The third kappa shape index (κ3) is 3.09. The third-order valence-electron chi connectivity index (χ3n) is 3.60. The lowest BCUT2D eigenvalue weighted by molar-refractivity contribution is -0.122. The molecule has 3 atom stereocenters. The van der Waals surface area contributed by atoms with Crippen molar-refractivity contribution in [2.24, 2.45) is 11.7 Å². The molecule has 1 aliphatic carbocycles. The van der Waals surface area contributed by atoms with E-state index in [1.165, 1.54) is 0 Å². The van der Waals surface area contributed by atoms with Gasteiger partial charge in [-0.3, -0.25) is 4.79 Å². The summed E-state index contributed by atoms with van der Waals surface area (Å²) in [5.41, 5.74) is 6.69. The highest BCUT2D eigenvalue weighted by atomic mass is 16.3. The standard InChI is InChI=1S/C14H20N2O2/c15-13(10-5-2-1-3-6-10)14(18)16-9-11-7-4-8-12(11)17/h1-3,5-6,11-13,17H,4,7-9,15H2,(H,16,18)/t11?,12?,13-/m0/s1. The van der Waals surface area contributed by atoms with Gasteiger partial charge in [0.05, 0.1) is 6.10 Å². The van der Waals surface area contributed by atoms with E-state index in [1.54, 1.807) is 0 Å². The molecule has 1 aliphatic rings. The summed E-state index contributed by atoms with van der Waals surface area (Å²) in [6.45, 7) is 0.514. The SMILES string of the molecule is N[C@H](C(=O)NCC1CCCC1O)c1ccccc1.